The number of halogens is 1. The number of benzene rings is 2. The minimum Gasteiger partial charge on any atom is -0.482 e. The molecular weight excluding hydrogens is 384 g/mol. The second-order valence-corrected chi connectivity index (χ2v) is 6.87. The van der Waals surface area contributed by atoms with Gasteiger partial charge in [-0.25, -0.2) is 9.59 Å². The molecule has 3 rings (SSSR count). The van der Waals surface area contributed by atoms with E-state index in [0.717, 1.165) is 18.4 Å². The molecule has 1 unspecified atom stereocenters. The number of esters is 2. The van der Waals surface area contributed by atoms with Crippen LogP contribution in [-0.2, 0) is 14.3 Å². The molecule has 0 aromatic heterocycles. The van der Waals surface area contributed by atoms with Crippen LogP contribution in [0.1, 0.15) is 28.8 Å². The lowest BCUT2D eigenvalue weighted by Gasteiger charge is -2.11. The summed E-state index contributed by atoms with van der Waals surface area (Å²) in [5.74, 6) is -0.276. The van der Waals surface area contributed by atoms with E-state index in [-0.39, 0.29) is 25.1 Å². The number of aryl methyl sites for hydroxylation is 1. The average Bonchev–Trinajstić information content (AvgIpc) is 3.19. The highest BCUT2D eigenvalue weighted by molar-refractivity contribution is 6.30. The van der Waals surface area contributed by atoms with E-state index in [1.165, 1.54) is 6.07 Å². The Hall–Kier alpha value is -2.57. The largest absolute Gasteiger partial charge is 0.482 e. The van der Waals surface area contributed by atoms with Gasteiger partial charge in [0, 0.05) is 11.6 Å². The molecule has 0 aliphatic carbocycles. The predicted molar refractivity (Wildman–Crippen MR) is 103 cm³/mol. The molecule has 0 radical (unpaired) electrons. The second-order valence-electron chi connectivity index (χ2n) is 6.43. The first-order valence-electron chi connectivity index (χ1n) is 8.99. The summed E-state index contributed by atoms with van der Waals surface area (Å²) in [6.07, 6.45) is 1.82. The minimum atomic E-state index is -0.584. The maximum Gasteiger partial charge on any atom is 0.349 e. The van der Waals surface area contributed by atoms with Gasteiger partial charge in [0.2, 0.25) is 0 Å². The van der Waals surface area contributed by atoms with Crippen molar-refractivity contribution in [1.29, 1.82) is 0 Å². The van der Waals surface area contributed by atoms with Gasteiger partial charge in [0.15, 0.2) is 6.61 Å². The molecular formula is C21H21ClO6. The first-order valence-corrected chi connectivity index (χ1v) is 9.37. The monoisotopic (exact) mass is 404 g/mol. The average molecular weight is 405 g/mol. The Balaban J connectivity index is 1.51. The summed E-state index contributed by atoms with van der Waals surface area (Å²) in [6, 6.07) is 11.4. The Morgan fingerprint density at radius 2 is 2.07 bits per heavy atom. The van der Waals surface area contributed by atoms with Gasteiger partial charge in [-0.1, -0.05) is 17.7 Å². The predicted octanol–water partition coefficient (Wildman–Crippen LogP) is 3.97. The molecule has 1 aliphatic heterocycles. The van der Waals surface area contributed by atoms with E-state index in [2.05, 4.69) is 0 Å². The zero-order valence-electron chi connectivity index (χ0n) is 15.5. The highest BCUT2D eigenvalue weighted by Gasteiger charge is 2.18. The fourth-order valence-electron chi connectivity index (χ4n) is 2.79. The van der Waals surface area contributed by atoms with E-state index >= 15 is 0 Å². The van der Waals surface area contributed by atoms with Crippen LogP contribution in [0.15, 0.2) is 42.5 Å². The Bertz CT molecular complexity index is 845. The van der Waals surface area contributed by atoms with Gasteiger partial charge in [-0.05, 0) is 61.7 Å². The first kappa shape index (κ1) is 20.2. The van der Waals surface area contributed by atoms with Crippen LogP contribution in [0.5, 0.6) is 11.5 Å². The van der Waals surface area contributed by atoms with Crippen molar-refractivity contribution in [1.82, 2.24) is 0 Å². The van der Waals surface area contributed by atoms with E-state index in [9.17, 15) is 9.59 Å². The lowest BCUT2D eigenvalue weighted by molar-refractivity contribution is -0.136. The molecule has 1 atom stereocenters. The zero-order valence-corrected chi connectivity index (χ0v) is 16.2. The van der Waals surface area contributed by atoms with Crippen molar-refractivity contribution in [2.75, 3.05) is 19.8 Å². The molecule has 7 heteroatoms. The molecule has 2 aromatic rings. The Kier molecular flexibility index (Phi) is 6.90. The highest BCUT2D eigenvalue weighted by atomic mass is 35.5. The maximum atomic E-state index is 12.2. The van der Waals surface area contributed by atoms with E-state index in [0.29, 0.717) is 22.9 Å². The highest BCUT2D eigenvalue weighted by Crippen LogP contribution is 2.22. The van der Waals surface area contributed by atoms with Crippen molar-refractivity contribution in [2.24, 2.45) is 0 Å². The van der Waals surface area contributed by atoms with Crippen LogP contribution in [0.2, 0.25) is 5.02 Å². The molecule has 0 saturated carbocycles. The van der Waals surface area contributed by atoms with E-state index in [1.54, 1.807) is 36.4 Å². The Morgan fingerprint density at radius 1 is 1.21 bits per heavy atom. The molecule has 0 amide bonds. The van der Waals surface area contributed by atoms with Crippen LogP contribution >= 0.6 is 11.6 Å². The quantitative estimate of drug-likeness (QED) is 0.513. The maximum absolute atomic E-state index is 12.2. The summed E-state index contributed by atoms with van der Waals surface area (Å²) in [7, 11) is 0. The lowest BCUT2D eigenvalue weighted by atomic mass is 10.2. The van der Waals surface area contributed by atoms with Gasteiger partial charge in [0.1, 0.15) is 18.1 Å². The van der Waals surface area contributed by atoms with Crippen molar-refractivity contribution in [3.05, 3.63) is 58.6 Å². The third-order valence-electron chi connectivity index (χ3n) is 4.21. The van der Waals surface area contributed by atoms with Crippen LogP contribution in [-0.4, -0.2) is 37.9 Å². The molecule has 2 aromatic carbocycles. The van der Waals surface area contributed by atoms with Crippen LogP contribution in [0.25, 0.3) is 0 Å². The molecule has 148 valence electrons. The summed E-state index contributed by atoms with van der Waals surface area (Å²) >= 11 is 5.89. The topological polar surface area (TPSA) is 71.1 Å². The fraction of sp³-hybridized carbons (Fsp3) is 0.333. The molecule has 0 N–H and O–H groups in total. The summed E-state index contributed by atoms with van der Waals surface area (Å²) in [5.41, 5.74) is 1.12. The van der Waals surface area contributed by atoms with Crippen molar-refractivity contribution in [3.8, 4) is 11.5 Å². The molecule has 0 bridgehead atoms. The van der Waals surface area contributed by atoms with Crippen molar-refractivity contribution < 1.29 is 28.5 Å². The van der Waals surface area contributed by atoms with E-state index in [4.69, 9.17) is 30.5 Å². The second kappa shape index (κ2) is 9.57. The molecule has 28 heavy (non-hydrogen) atoms. The number of rotatable bonds is 7. The van der Waals surface area contributed by atoms with Crippen LogP contribution < -0.4 is 9.47 Å². The van der Waals surface area contributed by atoms with Crippen molar-refractivity contribution in [3.63, 3.8) is 0 Å². The van der Waals surface area contributed by atoms with Gasteiger partial charge in [0.25, 0.3) is 0 Å². The summed E-state index contributed by atoms with van der Waals surface area (Å²) < 4.78 is 21.4. The summed E-state index contributed by atoms with van der Waals surface area (Å²) in [4.78, 5) is 24.2. The smallest absolute Gasteiger partial charge is 0.349 e. The number of hydrogen-bond donors (Lipinski definition) is 0. The molecule has 1 aliphatic rings. The standard InChI is InChI=1S/C21H21ClO6/c1-14-10-16(22)7-8-19(14)26-13-20(23)28-17-5-2-4-15(11-17)21(24)27-12-18-6-3-9-25-18/h2,4-5,7-8,10-11,18H,3,6,9,12-13H2,1H3. The minimum absolute atomic E-state index is 0.0431. The summed E-state index contributed by atoms with van der Waals surface area (Å²) in [5, 5.41) is 0.593. The molecule has 0 spiro atoms. The molecule has 1 fully saturated rings. The van der Waals surface area contributed by atoms with Gasteiger partial charge in [0.05, 0.1) is 11.7 Å². The Labute approximate surface area is 168 Å². The third kappa shape index (κ3) is 5.71. The Morgan fingerprint density at radius 3 is 2.82 bits per heavy atom. The molecule has 1 saturated heterocycles. The number of carbonyl (C=O) groups excluding carboxylic acids is 2. The van der Waals surface area contributed by atoms with Gasteiger partial charge in [-0.2, -0.15) is 0 Å². The van der Waals surface area contributed by atoms with Gasteiger partial charge in [-0.3, -0.25) is 0 Å². The van der Waals surface area contributed by atoms with Crippen molar-refractivity contribution >= 4 is 23.5 Å². The number of hydrogen-bond acceptors (Lipinski definition) is 6. The summed E-state index contributed by atoms with van der Waals surface area (Å²) in [6.45, 7) is 2.48. The molecule has 1 heterocycles. The van der Waals surface area contributed by atoms with Gasteiger partial charge in [-0.15, -0.1) is 0 Å². The fourth-order valence-corrected chi connectivity index (χ4v) is 3.01. The zero-order chi connectivity index (χ0) is 19.9. The molecule has 6 nitrogen and oxygen atoms in total. The van der Waals surface area contributed by atoms with Crippen LogP contribution in [0, 0.1) is 6.92 Å². The number of ether oxygens (including phenoxy) is 4. The van der Waals surface area contributed by atoms with Gasteiger partial charge < -0.3 is 18.9 Å². The van der Waals surface area contributed by atoms with E-state index in [1.807, 2.05) is 6.92 Å². The van der Waals surface area contributed by atoms with E-state index < -0.39 is 11.9 Å². The SMILES string of the molecule is Cc1cc(Cl)ccc1OCC(=O)Oc1cccc(C(=O)OCC2CCCO2)c1. The first-order chi connectivity index (χ1) is 13.5. The van der Waals surface area contributed by atoms with Crippen LogP contribution in [0.4, 0.5) is 0 Å². The number of carbonyl (C=O) groups is 2. The van der Waals surface area contributed by atoms with Crippen LogP contribution in [0.3, 0.4) is 0 Å². The lowest BCUT2D eigenvalue weighted by Crippen LogP contribution is -2.19. The normalized spacial score (nSPS) is 15.9. The third-order valence-corrected chi connectivity index (χ3v) is 4.44. The van der Waals surface area contributed by atoms with Crippen molar-refractivity contribution in [2.45, 2.75) is 25.9 Å². The van der Waals surface area contributed by atoms with Gasteiger partial charge >= 0.3 is 11.9 Å².